The average molecular weight is 407 g/mol. The number of anilines is 1. The Balaban J connectivity index is 1.58. The Kier molecular flexibility index (Phi) is 4.39. The van der Waals surface area contributed by atoms with E-state index in [1.165, 1.54) is 0 Å². The molecule has 1 fully saturated rings. The number of amides is 1. The average Bonchev–Trinajstić information content (AvgIpc) is 3.48. The maximum absolute atomic E-state index is 13.4. The molecule has 0 saturated carbocycles. The van der Waals surface area contributed by atoms with Crippen LogP contribution in [0.2, 0.25) is 0 Å². The summed E-state index contributed by atoms with van der Waals surface area (Å²) in [7, 11) is 1.71. The highest BCUT2D eigenvalue weighted by Crippen LogP contribution is 2.47. The van der Waals surface area contributed by atoms with Crippen molar-refractivity contribution in [3.05, 3.63) is 59.4 Å². The Morgan fingerprint density at radius 1 is 1.30 bits per heavy atom. The van der Waals surface area contributed by atoms with Gasteiger partial charge in [0, 0.05) is 39.1 Å². The smallest absolute Gasteiger partial charge is 0.259 e. The molecule has 8 heteroatoms. The summed E-state index contributed by atoms with van der Waals surface area (Å²) in [4.78, 5) is 22.3. The molecule has 5 rings (SSSR count). The molecule has 0 aliphatic carbocycles. The van der Waals surface area contributed by atoms with E-state index in [4.69, 9.17) is 9.26 Å². The van der Waals surface area contributed by atoms with Crippen molar-refractivity contribution < 1.29 is 14.1 Å². The molecular weight excluding hydrogens is 382 g/mol. The number of likely N-dealkylation sites (tertiary alicyclic amines) is 1. The molecule has 5 heterocycles. The Morgan fingerprint density at radius 2 is 2.17 bits per heavy atom. The molecule has 3 aromatic rings. The van der Waals surface area contributed by atoms with Crippen molar-refractivity contribution in [2.24, 2.45) is 0 Å². The van der Waals surface area contributed by atoms with E-state index in [-0.39, 0.29) is 11.4 Å². The molecule has 156 valence electrons. The molecule has 1 amide bonds. The van der Waals surface area contributed by atoms with Gasteiger partial charge in [0.25, 0.3) is 5.91 Å². The largest absolute Gasteiger partial charge is 0.383 e. The number of hydrogen-bond donors (Lipinski definition) is 0. The van der Waals surface area contributed by atoms with Crippen molar-refractivity contribution in [3.8, 4) is 5.82 Å². The molecule has 0 N–H and O–H groups in total. The van der Waals surface area contributed by atoms with E-state index in [9.17, 15) is 4.79 Å². The minimum absolute atomic E-state index is 0.0232. The zero-order chi connectivity index (χ0) is 20.9. The number of rotatable bonds is 4. The summed E-state index contributed by atoms with van der Waals surface area (Å²) < 4.78 is 12.8. The van der Waals surface area contributed by atoms with Crippen molar-refractivity contribution in [1.82, 2.24) is 19.6 Å². The van der Waals surface area contributed by atoms with Crippen LogP contribution >= 0.6 is 0 Å². The van der Waals surface area contributed by atoms with Gasteiger partial charge in [0.1, 0.15) is 16.9 Å². The fraction of sp³-hybridized carbons (Fsp3) is 0.409. The van der Waals surface area contributed by atoms with E-state index in [1.54, 1.807) is 14.0 Å². The van der Waals surface area contributed by atoms with Gasteiger partial charge >= 0.3 is 0 Å². The number of carbonyl (C=O) groups excluding carboxylic acids is 1. The van der Waals surface area contributed by atoms with Crippen LogP contribution in [0.3, 0.4) is 0 Å². The summed E-state index contributed by atoms with van der Waals surface area (Å²) in [6.45, 7) is 6.15. The first-order valence-corrected chi connectivity index (χ1v) is 10.2. The van der Waals surface area contributed by atoms with Crippen LogP contribution in [-0.2, 0) is 10.3 Å². The summed E-state index contributed by atoms with van der Waals surface area (Å²) in [6.07, 6.45) is 4.69. The zero-order valence-electron chi connectivity index (χ0n) is 17.5. The van der Waals surface area contributed by atoms with Crippen molar-refractivity contribution in [2.75, 3.05) is 38.3 Å². The van der Waals surface area contributed by atoms with Gasteiger partial charge in [0.15, 0.2) is 5.82 Å². The van der Waals surface area contributed by atoms with Gasteiger partial charge in [-0.1, -0.05) is 5.16 Å². The van der Waals surface area contributed by atoms with E-state index >= 15 is 0 Å². The number of nitrogens with zero attached hydrogens (tertiary/aromatic N) is 5. The van der Waals surface area contributed by atoms with E-state index in [2.05, 4.69) is 37.9 Å². The topological polar surface area (TPSA) is 76.6 Å². The van der Waals surface area contributed by atoms with Crippen LogP contribution < -0.4 is 4.90 Å². The number of fused-ring (bicyclic) bond motifs is 4. The second kappa shape index (κ2) is 6.98. The Bertz CT molecular complexity index is 1080. The Morgan fingerprint density at radius 3 is 2.93 bits per heavy atom. The van der Waals surface area contributed by atoms with Gasteiger partial charge in [0.05, 0.1) is 23.7 Å². The quantitative estimate of drug-likeness (QED) is 0.662. The van der Waals surface area contributed by atoms with E-state index in [0.29, 0.717) is 43.3 Å². The molecule has 1 atom stereocenters. The third-order valence-corrected chi connectivity index (χ3v) is 6.33. The second-order valence-corrected chi connectivity index (χ2v) is 7.96. The van der Waals surface area contributed by atoms with Crippen molar-refractivity contribution >= 4 is 11.6 Å². The van der Waals surface area contributed by atoms with Gasteiger partial charge in [0.2, 0.25) is 0 Å². The van der Waals surface area contributed by atoms with E-state index < -0.39 is 0 Å². The van der Waals surface area contributed by atoms with Crippen molar-refractivity contribution in [1.29, 1.82) is 0 Å². The van der Waals surface area contributed by atoms with Crippen LogP contribution in [-0.4, -0.2) is 58.9 Å². The van der Waals surface area contributed by atoms with Gasteiger partial charge in [-0.2, -0.15) is 0 Å². The highest BCUT2D eigenvalue weighted by atomic mass is 16.5. The first-order valence-electron chi connectivity index (χ1n) is 10.2. The fourth-order valence-electron chi connectivity index (χ4n) is 4.96. The SMILES string of the molecule is COCCN1c2cccnc2-n2cccc2C12CCN(C(=O)c1c(C)noc1C)C2. The van der Waals surface area contributed by atoms with Gasteiger partial charge in [-0.05, 0) is 44.5 Å². The second-order valence-electron chi connectivity index (χ2n) is 7.96. The van der Waals surface area contributed by atoms with Gasteiger partial charge in [-0.15, -0.1) is 0 Å². The van der Waals surface area contributed by atoms with Crippen LogP contribution in [0.5, 0.6) is 0 Å². The van der Waals surface area contributed by atoms with Crippen LogP contribution in [0.1, 0.15) is 33.9 Å². The molecule has 2 aliphatic heterocycles. The standard InChI is InChI=1S/C22H25N5O3/c1-15-19(16(2)30-24-15)21(28)25-11-8-22(14-25)18-7-5-10-26(18)20-17(6-4-9-23-20)27(22)12-13-29-3/h4-7,9-10H,8,11-14H2,1-3H3. The number of methoxy groups -OCH3 is 1. The molecule has 3 aromatic heterocycles. The molecule has 1 spiro atoms. The summed E-state index contributed by atoms with van der Waals surface area (Å²) in [5.41, 5.74) is 3.08. The number of hydrogen-bond acceptors (Lipinski definition) is 6. The Labute approximate surface area is 175 Å². The highest BCUT2D eigenvalue weighted by molar-refractivity contribution is 5.96. The van der Waals surface area contributed by atoms with Gasteiger partial charge in [-0.25, -0.2) is 4.98 Å². The normalized spacial score (nSPS) is 20.0. The maximum Gasteiger partial charge on any atom is 0.259 e. The van der Waals surface area contributed by atoms with E-state index in [0.717, 1.165) is 23.6 Å². The van der Waals surface area contributed by atoms with Crippen LogP contribution in [0.15, 0.2) is 41.2 Å². The monoisotopic (exact) mass is 407 g/mol. The summed E-state index contributed by atoms with van der Waals surface area (Å²) in [5.74, 6) is 1.45. The zero-order valence-corrected chi connectivity index (χ0v) is 17.5. The number of aryl methyl sites for hydroxylation is 2. The molecule has 0 radical (unpaired) electrons. The van der Waals surface area contributed by atoms with E-state index in [1.807, 2.05) is 30.2 Å². The lowest BCUT2D eigenvalue weighted by atomic mass is 9.89. The van der Waals surface area contributed by atoms with Gasteiger partial charge < -0.3 is 23.6 Å². The lowest BCUT2D eigenvalue weighted by molar-refractivity contribution is 0.0779. The fourth-order valence-corrected chi connectivity index (χ4v) is 4.96. The molecule has 8 nitrogen and oxygen atoms in total. The number of aromatic nitrogens is 3. The maximum atomic E-state index is 13.4. The van der Waals surface area contributed by atoms with Gasteiger partial charge in [-0.3, -0.25) is 4.79 Å². The highest BCUT2D eigenvalue weighted by Gasteiger charge is 2.51. The van der Waals surface area contributed by atoms with Crippen LogP contribution in [0.4, 0.5) is 5.69 Å². The van der Waals surface area contributed by atoms with Crippen LogP contribution in [0, 0.1) is 13.8 Å². The molecule has 1 unspecified atom stereocenters. The first kappa shape index (κ1) is 18.9. The minimum Gasteiger partial charge on any atom is -0.383 e. The molecule has 0 bridgehead atoms. The lowest BCUT2D eigenvalue weighted by Gasteiger charge is -2.47. The first-order chi connectivity index (χ1) is 14.6. The predicted octanol–water partition coefficient (Wildman–Crippen LogP) is 2.68. The third-order valence-electron chi connectivity index (χ3n) is 6.33. The lowest BCUT2D eigenvalue weighted by Crippen LogP contribution is -2.53. The molecule has 30 heavy (non-hydrogen) atoms. The molecule has 1 saturated heterocycles. The Hall–Kier alpha value is -3.13. The molecule has 2 aliphatic rings. The summed E-state index contributed by atoms with van der Waals surface area (Å²) in [6, 6.07) is 8.25. The molecule has 0 aromatic carbocycles. The predicted molar refractivity (Wildman–Crippen MR) is 111 cm³/mol. The minimum atomic E-state index is -0.341. The van der Waals surface area contributed by atoms with Crippen molar-refractivity contribution in [2.45, 2.75) is 25.8 Å². The molecular formula is C22H25N5O3. The summed E-state index contributed by atoms with van der Waals surface area (Å²) in [5, 5.41) is 3.96. The number of carbonyl (C=O) groups is 1. The summed E-state index contributed by atoms with van der Waals surface area (Å²) >= 11 is 0. The number of ether oxygens (including phenoxy) is 1. The van der Waals surface area contributed by atoms with Crippen LogP contribution in [0.25, 0.3) is 5.82 Å². The third kappa shape index (κ3) is 2.60. The number of pyridine rings is 1. The van der Waals surface area contributed by atoms with Crippen molar-refractivity contribution in [3.63, 3.8) is 0 Å².